The number of fused-ring (bicyclic) bond motifs is 1. The maximum absolute atomic E-state index is 13.6. The molecule has 1 aliphatic rings. The van der Waals surface area contributed by atoms with Crippen LogP contribution in [0.25, 0.3) is 0 Å². The third-order valence-electron chi connectivity index (χ3n) is 6.81. The number of para-hydroxylation sites is 2. The minimum Gasteiger partial charge on any atom is -0.485 e. The largest absolute Gasteiger partial charge is 0.485 e. The molecule has 3 atom stereocenters. The number of ether oxygens (including phenoxy) is 1. The Balaban J connectivity index is 1.69. The third kappa shape index (κ3) is 6.54. The number of aliphatic hydroxyl groups is 1. The second kappa shape index (κ2) is 12.4. The van der Waals surface area contributed by atoms with Gasteiger partial charge in [-0.1, -0.05) is 49.4 Å². The van der Waals surface area contributed by atoms with Gasteiger partial charge in [-0.05, 0) is 43.3 Å². The number of nitrogens with one attached hydrogen (secondary N) is 2. The topological polar surface area (TPSA) is 128 Å². The zero-order valence-electron chi connectivity index (χ0n) is 22.7. The molecule has 0 fully saturated rings. The van der Waals surface area contributed by atoms with Crippen molar-refractivity contribution >= 4 is 33.3 Å². The number of amides is 3. The van der Waals surface area contributed by atoms with E-state index >= 15 is 0 Å². The molecule has 10 nitrogen and oxygen atoms in total. The Kier molecular flexibility index (Phi) is 8.96. The number of sulfonamides is 1. The van der Waals surface area contributed by atoms with E-state index in [0.29, 0.717) is 5.69 Å². The average molecular weight is 567 g/mol. The number of aliphatic hydroxyl groups excluding tert-OH is 1. The van der Waals surface area contributed by atoms with E-state index in [9.17, 15) is 23.1 Å². The fraction of sp³-hybridized carbons (Fsp3) is 0.310. The lowest BCUT2D eigenvalue weighted by atomic mass is 9.99. The van der Waals surface area contributed by atoms with Crippen LogP contribution in [-0.4, -0.2) is 74.2 Å². The maximum atomic E-state index is 13.6. The summed E-state index contributed by atoms with van der Waals surface area (Å²) in [6.45, 7) is 3.79. The van der Waals surface area contributed by atoms with Crippen molar-refractivity contribution in [2.45, 2.75) is 30.9 Å². The maximum Gasteiger partial charge on any atom is 0.321 e. The van der Waals surface area contributed by atoms with Gasteiger partial charge in [0.25, 0.3) is 15.9 Å². The Labute approximate surface area is 234 Å². The van der Waals surface area contributed by atoms with E-state index < -0.39 is 28.1 Å². The number of urea groups is 1. The van der Waals surface area contributed by atoms with Gasteiger partial charge in [0.1, 0.15) is 6.10 Å². The molecule has 11 heteroatoms. The fourth-order valence-electron chi connectivity index (χ4n) is 4.44. The standard InChI is InChI=1S/C29H34N4O6S/c1-20-17-33(21(2)19-34)28(35)24-15-10-16-25(31-40(37,38)23-13-8-5-9-14-23)27(24)39-26(20)18-32(3)29(36)30-22-11-6-4-7-12-22/h4-16,20-21,26,31,34H,17-19H2,1-3H3,(H,30,36)/t20-,21-,26+/m1/s1. The van der Waals surface area contributed by atoms with Crippen LogP contribution in [0.2, 0.25) is 0 Å². The Morgan fingerprint density at radius 1 is 1.07 bits per heavy atom. The number of carbonyl (C=O) groups is 2. The molecule has 0 unspecified atom stereocenters. The van der Waals surface area contributed by atoms with Crippen molar-refractivity contribution in [2.75, 3.05) is 36.8 Å². The molecule has 0 aromatic heterocycles. The fourth-order valence-corrected chi connectivity index (χ4v) is 5.52. The van der Waals surface area contributed by atoms with E-state index in [-0.39, 0.29) is 53.5 Å². The van der Waals surface area contributed by atoms with Gasteiger partial charge in [0.15, 0.2) is 5.75 Å². The molecule has 0 radical (unpaired) electrons. The lowest BCUT2D eigenvalue weighted by molar-refractivity contribution is 0.0373. The molecule has 3 N–H and O–H groups in total. The summed E-state index contributed by atoms with van der Waals surface area (Å²) in [6.07, 6.45) is -0.617. The average Bonchev–Trinajstić information content (AvgIpc) is 2.95. The van der Waals surface area contributed by atoms with Crippen LogP contribution >= 0.6 is 0 Å². The van der Waals surface area contributed by atoms with Crippen molar-refractivity contribution in [1.29, 1.82) is 0 Å². The molecular weight excluding hydrogens is 532 g/mol. The second-order valence-electron chi connectivity index (χ2n) is 9.90. The van der Waals surface area contributed by atoms with E-state index in [1.807, 2.05) is 25.1 Å². The molecule has 0 saturated carbocycles. The first-order valence-electron chi connectivity index (χ1n) is 13.0. The normalized spacial score (nSPS) is 18.0. The minimum atomic E-state index is -3.99. The van der Waals surface area contributed by atoms with Gasteiger partial charge in [0.2, 0.25) is 0 Å². The van der Waals surface area contributed by atoms with Gasteiger partial charge in [-0.2, -0.15) is 0 Å². The van der Waals surface area contributed by atoms with Crippen LogP contribution in [0.3, 0.4) is 0 Å². The highest BCUT2D eigenvalue weighted by Gasteiger charge is 2.35. The molecule has 3 aromatic rings. The number of likely N-dealkylation sites (N-methyl/N-ethyl adjacent to an activating group) is 1. The molecule has 1 aliphatic heterocycles. The van der Waals surface area contributed by atoms with Crippen LogP contribution in [0.5, 0.6) is 5.75 Å². The van der Waals surface area contributed by atoms with Crippen LogP contribution in [0, 0.1) is 5.92 Å². The Hall–Kier alpha value is -4.09. The Morgan fingerprint density at radius 2 is 1.73 bits per heavy atom. The quantitative estimate of drug-likeness (QED) is 0.380. The van der Waals surface area contributed by atoms with Crippen molar-refractivity contribution in [3.63, 3.8) is 0 Å². The molecular formula is C29H34N4O6S. The van der Waals surface area contributed by atoms with Crippen molar-refractivity contribution in [1.82, 2.24) is 9.80 Å². The molecule has 0 bridgehead atoms. The van der Waals surface area contributed by atoms with Crippen molar-refractivity contribution in [3.05, 3.63) is 84.4 Å². The zero-order chi connectivity index (χ0) is 28.9. The monoisotopic (exact) mass is 566 g/mol. The lowest BCUT2D eigenvalue weighted by Crippen LogP contribution is -2.50. The first-order valence-corrected chi connectivity index (χ1v) is 14.5. The Bertz CT molecular complexity index is 1440. The molecule has 4 rings (SSSR count). The van der Waals surface area contributed by atoms with Crippen molar-refractivity contribution in [2.24, 2.45) is 5.92 Å². The predicted molar refractivity (Wildman–Crippen MR) is 153 cm³/mol. The summed E-state index contributed by atoms with van der Waals surface area (Å²) in [7, 11) is -2.36. The molecule has 1 heterocycles. The minimum absolute atomic E-state index is 0.0579. The number of hydrogen-bond acceptors (Lipinski definition) is 6. The van der Waals surface area contributed by atoms with Gasteiger partial charge < -0.3 is 25.0 Å². The first kappa shape index (κ1) is 28.9. The summed E-state index contributed by atoms with van der Waals surface area (Å²) in [5.41, 5.74) is 0.895. The summed E-state index contributed by atoms with van der Waals surface area (Å²) in [5, 5.41) is 12.7. The van der Waals surface area contributed by atoms with Gasteiger partial charge in [0, 0.05) is 25.2 Å². The van der Waals surface area contributed by atoms with E-state index in [2.05, 4.69) is 10.0 Å². The van der Waals surface area contributed by atoms with Crippen LogP contribution in [0.4, 0.5) is 16.2 Å². The number of anilines is 2. The van der Waals surface area contributed by atoms with E-state index in [0.717, 1.165) is 0 Å². The van der Waals surface area contributed by atoms with Crippen molar-refractivity contribution < 1.29 is 27.9 Å². The lowest BCUT2D eigenvalue weighted by Gasteiger charge is -2.38. The number of benzene rings is 3. The smallest absolute Gasteiger partial charge is 0.321 e. The highest BCUT2D eigenvalue weighted by molar-refractivity contribution is 7.92. The number of carbonyl (C=O) groups excluding carboxylic acids is 2. The molecule has 0 spiro atoms. The van der Waals surface area contributed by atoms with Crippen LogP contribution in [0.15, 0.2) is 83.8 Å². The van der Waals surface area contributed by atoms with Gasteiger partial charge >= 0.3 is 6.03 Å². The van der Waals surface area contributed by atoms with Crippen LogP contribution in [-0.2, 0) is 10.0 Å². The highest BCUT2D eigenvalue weighted by atomic mass is 32.2. The highest BCUT2D eigenvalue weighted by Crippen LogP contribution is 2.36. The van der Waals surface area contributed by atoms with Crippen LogP contribution < -0.4 is 14.8 Å². The summed E-state index contributed by atoms with van der Waals surface area (Å²) >= 11 is 0. The van der Waals surface area contributed by atoms with E-state index in [1.165, 1.54) is 23.1 Å². The third-order valence-corrected chi connectivity index (χ3v) is 8.20. The Morgan fingerprint density at radius 3 is 2.38 bits per heavy atom. The number of rotatable bonds is 8. The SMILES string of the molecule is C[C@@H]1CN([C@H](C)CO)C(=O)c2cccc(NS(=O)(=O)c3ccccc3)c2O[C@H]1CN(C)C(=O)Nc1ccccc1. The zero-order valence-corrected chi connectivity index (χ0v) is 23.5. The number of nitrogens with zero attached hydrogens (tertiary/aromatic N) is 2. The van der Waals surface area contributed by atoms with Crippen molar-refractivity contribution in [3.8, 4) is 5.75 Å². The van der Waals surface area contributed by atoms with Gasteiger partial charge in [-0.15, -0.1) is 0 Å². The molecule has 40 heavy (non-hydrogen) atoms. The predicted octanol–water partition coefficient (Wildman–Crippen LogP) is 3.87. The molecule has 3 aromatic carbocycles. The molecule has 0 aliphatic carbocycles. The first-order chi connectivity index (χ1) is 19.1. The van der Waals surface area contributed by atoms with E-state index in [4.69, 9.17) is 4.74 Å². The van der Waals surface area contributed by atoms with Gasteiger partial charge in [-0.25, -0.2) is 13.2 Å². The van der Waals surface area contributed by atoms with Crippen LogP contribution in [0.1, 0.15) is 24.2 Å². The van der Waals surface area contributed by atoms with Gasteiger partial charge in [-0.3, -0.25) is 9.52 Å². The summed E-state index contributed by atoms with van der Waals surface area (Å²) in [4.78, 5) is 29.7. The second-order valence-corrected chi connectivity index (χ2v) is 11.6. The summed E-state index contributed by atoms with van der Waals surface area (Å²) in [6, 6.07) is 20.8. The molecule has 0 saturated heterocycles. The van der Waals surface area contributed by atoms with E-state index in [1.54, 1.807) is 61.3 Å². The molecule has 3 amide bonds. The molecule has 212 valence electrons. The number of hydrogen-bond donors (Lipinski definition) is 3. The summed E-state index contributed by atoms with van der Waals surface area (Å²) < 4.78 is 35.3. The van der Waals surface area contributed by atoms with Gasteiger partial charge in [0.05, 0.1) is 35.3 Å². The summed E-state index contributed by atoms with van der Waals surface area (Å²) in [5.74, 6) is -0.606.